The summed E-state index contributed by atoms with van der Waals surface area (Å²) in [7, 11) is 0. The lowest BCUT2D eigenvalue weighted by molar-refractivity contribution is 0.325. The van der Waals surface area contributed by atoms with Gasteiger partial charge in [0.15, 0.2) is 0 Å². The maximum atomic E-state index is 3.63. The minimum atomic E-state index is 0.489. The fraction of sp³-hybridized carbons (Fsp3) is 0.647. The van der Waals surface area contributed by atoms with Crippen molar-refractivity contribution in [2.75, 3.05) is 24.5 Å². The molecule has 1 aromatic rings. The Labute approximate surface area is 132 Å². The van der Waals surface area contributed by atoms with Gasteiger partial charge in [-0.1, -0.05) is 42.8 Å². The third-order valence-corrected chi connectivity index (χ3v) is 4.79. The van der Waals surface area contributed by atoms with Crippen molar-refractivity contribution in [2.45, 2.75) is 46.6 Å². The molecule has 0 unspecified atom stereocenters. The van der Waals surface area contributed by atoms with Crippen molar-refractivity contribution in [3.05, 3.63) is 28.2 Å². The molecule has 2 nitrogen and oxygen atoms in total. The Morgan fingerprint density at radius 1 is 1.25 bits per heavy atom. The zero-order valence-corrected chi connectivity index (χ0v) is 14.6. The summed E-state index contributed by atoms with van der Waals surface area (Å²) >= 11 is 3.63. The summed E-state index contributed by atoms with van der Waals surface area (Å²) < 4.78 is 1.18. The molecule has 0 bridgehead atoms. The first-order valence-electron chi connectivity index (χ1n) is 7.76. The number of nitrogens with one attached hydrogen (secondary N) is 1. The van der Waals surface area contributed by atoms with Crippen LogP contribution in [0.5, 0.6) is 0 Å². The highest BCUT2D eigenvalue weighted by molar-refractivity contribution is 9.10. The standard InChI is InChI=1S/C17H27BrN2/c1-4-19-13-14-6-7-15(18)12-16(14)20-10-5-8-17(2,3)9-11-20/h6-7,12,19H,4-5,8-11,13H2,1-3H3. The number of benzene rings is 1. The molecule has 112 valence electrons. The summed E-state index contributed by atoms with van der Waals surface area (Å²) in [5, 5.41) is 3.45. The molecule has 2 rings (SSSR count). The van der Waals surface area contributed by atoms with E-state index < -0.39 is 0 Å². The Morgan fingerprint density at radius 3 is 2.80 bits per heavy atom. The van der Waals surface area contributed by atoms with E-state index in [1.165, 1.54) is 48.1 Å². The highest BCUT2D eigenvalue weighted by atomic mass is 79.9. The average molecular weight is 339 g/mol. The topological polar surface area (TPSA) is 15.3 Å². The van der Waals surface area contributed by atoms with Gasteiger partial charge >= 0.3 is 0 Å². The number of hydrogen-bond acceptors (Lipinski definition) is 2. The highest BCUT2D eigenvalue weighted by Crippen LogP contribution is 2.33. The molecular weight excluding hydrogens is 312 g/mol. The van der Waals surface area contributed by atoms with E-state index in [9.17, 15) is 0 Å². The van der Waals surface area contributed by atoms with Gasteiger partial charge in [-0.3, -0.25) is 0 Å². The van der Waals surface area contributed by atoms with E-state index >= 15 is 0 Å². The Kier molecular flexibility index (Phi) is 5.50. The van der Waals surface area contributed by atoms with Gasteiger partial charge in [-0.15, -0.1) is 0 Å². The van der Waals surface area contributed by atoms with Crippen LogP contribution in [0.15, 0.2) is 22.7 Å². The number of anilines is 1. The molecule has 1 fully saturated rings. The summed E-state index contributed by atoms with van der Waals surface area (Å²) in [6.07, 6.45) is 3.90. The number of halogens is 1. The van der Waals surface area contributed by atoms with Crippen LogP contribution in [0.2, 0.25) is 0 Å². The van der Waals surface area contributed by atoms with Crippen molar-refractivity contribution in [3.8, 4) is 0 Å². The molecule has 20 heavy (non-hydrogen) atoms. The number of hydrogen-bond donors (Lipinski definition) is 1. The van der Waals surface area contributed by atoms with Crippen LogP contribution in [0.25, 0.3) is 0 Å². The lowest BCUT2D eigenvalue weighted by Gasteiger charge is -2.27. The van der Waals surface area contributed by atoms with Gasteiger partial charge in [-0.05, 0) is 48.9 Å². The smallest absolute Gasteiger partial charge is 0.0423 e. The van der Waals surface area contributed by atoms with Crippen molar-refractivity contribution in [2.24, 2.45) is 5.41 Å². The van der Waals surface area contributed by atoms with Gasteiger partial charge in [0, 0.05) is 29.8 Å². The molecule has 1 aliphatic heterocycles. The Balaban J connectivity index is 2.19. The molecule has 1 heterocycles. The Bertz CT molecular complexity index is 443. The fourth-order valence-corrected chi connectivity index (χ4v) is 3.25. The molecule has 1 aliphatic rings. The highest BCUT2D eigenvalue weighted by Gasteiger charge is 2.24. The van der Waals surface area contributed by atoms with Gasteiger partial charge < -0.3 is 10.2 Å². The van der Waals surface area contributed by atoms with Gasteiger partial charge in [0.2, 0.25) is 0 Å². The summed E-state index contributed by atoms with van der Waals surface area (Å²) in [5.74, 6) is 0. The van der Waals surface area contributed by atoms with Crippen LogP contribution in [-0.4, -0.2) is 19.6 Å². The molecule has 0 aromatic heterocycles. The summed E-state index contributed by atoms with van der Waals surface area (Å²) in [5.41, 5.74) is 3.30. The molecule has 0 aliphatic carbocycles. The van der Waals surface area contributed by atoms with Crippen LogP contribution >= 0.6 is 15.9 Å². The summed E-state index contributed by atoms with van der Waals surface area (Å²) in [4.78, 5) is 2.58. The predicted octanol–water partition coefficient (Wildman–Crippen LogP) is 4.58. The van der Waals surface area contributed by atoms with Crippen LogP contribution in [0.3, 0.4) is 0 Å². The third-order valence-electron chi connectivity index (χ3n) is 4.29. The first kappa shape index (κ1) is 15.8. The van der Waals surface area contributed by atoms with E-state index in [1.807, 2.05) is 0 Å². The van der Waals surface area contributed by atoms with E-state index in [4.69, 9.17) is 0 Å². The van der Waals surface area contributed by atoms with E-state index in [-0.39, 0.29) is 0 Å². The summed E-state index contributed by atoms with van der Waals surface area (Å²) in [6.45, 7) is 11.3. The summed E-state index contributed by atoms with van der Waals surface area (Å²) in [6, 6.07) is 6.68. The lowest BCUT2D eigenvalue weighted by Crippen LogP contribution is -2.27. The van der Waals surface area contributed by atoms with Crippen LogP contribution in [0.1, 0.15) is 45.6 Å². The molecule has 0 radical (unpaired) electrons. The van der Waals surface area contributed by atoms with Crippen molar-refractivity contribution in [1.29, 1.82) is 0 Å². The van der Waals surface area contributed by atoms with E-state index in [1.54, 1.807) is 0 Å². The molecule has 0 saturated carbocycles. The van der Waals surface area contributed by atoms with Crippen molar-refractivity contribution >= 4 is 21.6 Å². The lowest BCUT2D eigenvalue weighted by atomic mass is 9.85. The maximum Gasteiger partial charge on any atom is 0.0423 e. The SMILES string of the molecule is CCNCc1ccc(Br)cc1N1CCCC(C)(C)CC1. The van der Waals surface area contributed by atoms with Crippen LogP contribution in [-0.2, 0) is 6.54 Å². The zero-order chi connectivity index (χ0) is 14.6. The molecule has 3 heteroatoms. The Hall–Kier alpha value is -0.540. The zero-order valence-electron chi connectivity index (χ0n) is 13.0. The normalized spacial score (nSPS) is 18.9. The Morgan fingerprint density at radius 2 is 2.05 bits per heavy atom. The molecule has 0 atom stereocenters. The van der Waals surface area contributed by atoms with Gasteiger partial charge in [0.1, 0.15) is 0 Å². The van der Waals surface area contributed by atoms with Gasteiger partial charge in [-0.2, -0.15) is 0 Å². The first-order chi connectivity index (χ1) is 9.52. The first-order valence-corrected chi connectivity index (χ1v) is 8.55. The van der Waals surface area contributed by atoms with Crippen molar-refractivity contribution < 1.29 is 0 Å². The second-order valence-corrected chi connectivity index (χ2v) is 7.47. The molecule has 0 amide bonds. The second kappa shape index (κ2) is 6.95. The minimum absolute atomic E-state index is 0.489. The largest absolute Gasteiger partial charge is 0.371 e. The van der Waals surface area contributed by atoms with Crippen molar-refractivity contribution in [3.63, 3.8) is 0 Å². The van der Waals surface area contributed by atoms with E-state index in [2.05, 4.69) is 65.1 Å². The maximum absolute atomic E-state index is 3.63. The predicted molar refractivity (Wildman–Crippen MR) is 91.4 cm³/mol. The van der Waals surface area contributed by atoms with Gasteiger partial charge in [0.05, 0.1) is 0 Å². The van der Waals surface area contributed by atoms with E-state index in [0.29, 0.717) is 5.41 Å². The monoisotopic (exact) mass is 338 g/mol. The molecule has 1 saturated heterocycles. The minimum Gasteiger partial charge on any atom is -0.371 e. The molecule has 1 aromatic carbocycles. The third kappa shape index (κ3) is 4.23. The van der Waals surface area contributed by atoms with Gasteiger partial charge in [-0.25, -0.2) is 0 Å². The molecular formula is C17H27BrN2. The van der Waals surface area contributed by atoms with Crippen LogP contribution in [0, 0.1) is 5.41 Å². The average Bonchev–Trinajstić information content (AvgIpc) is 2.58. The number of nitrogens with zero attached hydrogens (tertiary/aromatic N) is 1. The van der Waals surface area contributed by atoms with Crippen LogP contribution < -0.4 is 10.2 Å². The molecule has 1 N–H and O–H groups in total. The van der Waals surface area contributed by atoms with Crippen LogP contribution in [0.4, 0.5) is 5.69 Å². The van der Waals surface area contributed by atoms with Crippen molar-refractivity contribution in [1.82, 2.24) is 5.32 Å². The quantitative estimate of drug-likeness (QED) is 0.864. The second-order valence-electron chi connectivity index (χ2n) is 6.56. The van der Waals surface area contributed by atoms with Gasteiger partial charge in [0.25, 0.3) is 0 Å². The number of rotatable bonds is 4. The fourth-order valence-electron chi connectivity index (χ4n) is 2.90. The van der Waals surface area contributed by atoms with E-state index in [0.717, 1.165) is 13.1 Å². The molecule has 0 spiro atoms.